The summed E-state index contributed by atoms with van der Waals surface area (Å²) in [7, 11) is 0. The Hall–Kier alpha value is -1.96. The monoisotopic (exact) mass is 346 g/mol. The highest BCUT2D eigenvalue weighted by molar-refractivity contribution is 5.90. The Morgan fingerprint density at radius 3 is 2.71 bits per heavy atom. The van der Waals surface area contributed by atoms with E-state index in [-0.39, 0.29) is 30.5 Å². The van der Waals surface area contributed by atoms with Crippen LogP contribution in [-0.2, 0) is 6.18 Å². The van der Waals surface area contributed by atoms with Crippen LogP contribution in [0.3, 0.4) is 0 Å². The molecule has 1 aliphatic rings. The molecular formula is C16H21F3N2O3. The van der Waals surface area contributed by atoms with E-state index >= 15 is 0 Å². The summed E-state index contributed by atoms with van der Waals surface area (Å²) in [5.74, 6) is 0.0306. The second-order valence-corrected chi connectivity index (χ2v) is 5.73. The minimum absolute atomic E-state index is 0.0573. The fourth-order valence-corrected chi connectivity index (χ4v) is 2.77. The van der Waals surface area contributed by atoms with Crippen molar-refractivity contribution in [2.45, 2.75) is 38.5 Å². The Balaban J connectivity index is 2.03. The molecule has 2 amide bonds. The number of ether oxygens (including phenoxy) is 1. The number of hydrogen-bond acceptors (Lipinski definition) is 3. The molecule has 2 rings (SSSR count). The van der Waals surface area contributed by atoms with Gasteiger partial charge in [-0.3, -0.25) is 0 Å². The van der Waals surface area contributed by atoms with E-state index in [9.17, 15) is 23.1 Å². The average Bonchev–Trinajstić information content (AvgIpc) is 2.91. The molecule has 1 aromatic rings. The van der Waals surface area contributed by atoms with Crippen LogP contribution in [0.5, 0.6) is 5.75 Å². The Kier molecular flexibility index (Phi) is 5.93. The van der Waals surface area contributed by atoms with Crippen molar-refractivity contribution in [3.8, 4) is 5.75 Å². The van der Waals surface area contributed by atoms with Gasteiger partial charge in [0.15, 0.2) is 0 Å². The van der Waals surface area contributed by atoms with Crippen molar-refractivity contribution >= 4 is 11.7 Å². The summed E-state index contributed by atoms with van der Waals surface area (Å²) in [4.78, 5) is 11.9. The van der Waals surface area contributed by atoms with E-state index in [4.69, 9.17) is 4.74 Å². The van der Waals surface area contributed by atoms with Crippen molar-refractivity contribution in [2.24, 2.45) is 5.92 Å². The molecule has 0 aliphatic heterocycles. The first-order chi connectivity index (χ1) is 11.3. The second kappa shape index (κ2) is 7.74. The van der Waals surface area contributed by atoms with Crippen LogP contribution in [0.2, 0.25) is 0 Å². The number of carbonyl (C=O) groups excluding carboxylic acids is 1. The van der Waals surface area contributed by atoms with Gasteiger partial charge in [0.1, 0.15) is 5.75 Å². The third-order valence-electron chi connectivity index (χ3n) is 4.00. The molecule has 1 aromatic carbocycles. The topological polar surface area (TPSA) is 70.6 Å². The largest absolute Gasteiger partial charge is 0.494 e. The zero-order valence-corrected chi connectivity index (χ0v) is 13.3. The highest BCUT2D eigenvalue weighted by Gasteiger charge is 2.34. The number of carbonyl (C=O) groups is 1. The molecule has 0 radical (unpaired) electrons. The number of aliphatic hydroxyl groups excluding tert-OH is 1. The van der Waals surface area contributed by atoms with E-state index in [0.29, 0.717) is 6.42 Å². The van der Waals surface area contributed by atoms with E-state index < -0.39 is 23.9 Å². The molecule has 24 heavy (non-hydrogen) atoms. The van der Waals surface area contributed by atoms with Gasteiger partial charge < -0.3 is 20.5 Å². The highest BCUT2D eigenvalue weighted by Crippen LogP contribution is 2.37. The van der Waals surface area contributed by atoms with Crippen molar-refractivity contribution in [3.05, 3.63) is 23.8 Å². The number of anilines is 1. The van der Waals surface area contributed by atoms with E-state index in [2.05, 4.69) is 10.6 Å². The molecular weight excluding hydrogens is 325 g/mol. The summed E-state index contributed by atoms with van der Waals surface area (Å²) in [6, 6.07) is 2.66. The summed E-state index contributed by atoms with van der Waals surface area (Å²) in [5, 5.41) is 14.4. The zero-order valence-electron chi connectivity index (χ0n) is 13.3. The van der Waals surface area contributed by atoms with Crippen LogP contribution >= 0.6 is 0 Å². The van der Waals surface area contributed by atoms with E-state index in [1.54, 1.807) is 6.92 Å². The van der Waals surface area contributed by atoms with Gasteiger partial charge in [-0.15, -0.1) is 0 Å². The van der Waals surface area contributed by atoms with E-state index in [1.807, 2.05) is 0 Å². The lowest BCUT2D eigenvalue weighted by Gasteiger charge is -2.18. The van der Waals surface area contributed by atoms with Crippen LogP contribution in [-0.4, -0.2) is 30.4 Å². The highest BCUT2D eigenvalue weighted by atomic mass is 19.4. The van der Waals surface area contributed by atoms with Crippen LogP contribution in [0.1, 0.15) is 31.7 Å². The summed E-state index contributed by atoms with van der Waals surface area (Å²) < 4.78 is 44.5. The number of halogens is 3. The third kappa shape index (κ3) is 4.77. The first-order valence-corrected chi connectivity index (χ1v) is 7.88. The van der Waals surface area contributed by atoms with Crippen molar-refractivity contribution in [1.82, 2.24) is 5.32 Å². The van der Waals surface area contributed by atoms with Gasteiger partial charge in [0.2, 0.25) is 0 Å². The van der Waals surface area contributed by atoms with Crippen LogP contribution in [0, 0.1) is 5.92 Å². The van der Waals surface area contributed by atoms with Crippen molar-refractivity contribution in [3.63, 3.8) is 0 Å². The van der Waals surface area contributed by atoms with Gasteiger partial charge in [-0.1, -0.05) is 6.42 Å². The van der Waals surface area contributed by atoms with Gasteiger partial charge in [-0.05, 0) is 38.0 Å². The van der Waals surface area contributed by atoms with Crippen LogP contribution in [0.4, 0.5) is 23.7 Å². The predicted octanol–water partition coefficient (Wildman–Crippen LogP) is 3.39. The molecule has 8 heteroatoms. The van der Waals surface area contributed by atoms with Gasteiger partial charge >= 0.3 is 12.2 Å². The second-order valence-electron chi connectivity index (χ2n) is 5.73. The van der Waals surface area contributed by atoms with Crippen LogP contribution in [0.15, 0.2) is 18.2 Å². The maximum absolute atomic E-state index is 13.1. The summed E-state index contributed by atoms with van der Waals surface area (Å²) in [6.07, 6.45) is -2.73. The van der Waals surface area contributed by atoms with Gasteiger partial charge in [0.25, 0.3) is 0 Å². The molecule has 2 atom stereocenters. The third-order valence-corrected chi connectivity index (χ3v) is 4.00. The number of alkyl halides is 3. The molecule has 0 spiro atoms. The lowest BCUT2D eigenvalue weighted by atomic mass is 10.1. The minimum atomic E-state index is -4.61. The summed E-state index contributed by atoms with van der Waals surface area (Å²) in [5.41, 5.74) is -1.31. The molecule has 1 fully saturated rings. The smallest absolute Gasteiger partial charge is 0.418 e. The van der Waals surface area contributed by atoms with Crippen molar-refractivity contribution in [1.29, 1.82) is 0 Å². The number of aliphatic hydroxyl groups is 1. The number of urea groups is 1. The molecule has 5 nitrogen and oxygen atoms in total. The number of hydrogen-bond donors (Lipinski definition) is 3. The molecule has 1 saturated carbocycles. The molecule has 0 saturated heterocycles. The van der Waals surface area contributed by atoms with Crippen LogP contribution < -0.4 is 15.4 Å². The van der Waals surface area contributed by atoms with E-state index in [1.165, 1.54) is 6.07 Å². The first-order valence-electron chi connectivity index (χ1n) is 7.88. The Morgan fingerprint density at radius 2 is 2.12 bits per heavy atom. The van der Waals surface area contributed by atoms with E-state index in [0.717, 1.165) is 25.0 Å². The standard InChI is InChI=1S/C16H21F3N2O3/c1-2-24-11-6-7-13(12(8-11)16(17,18)19)21-15(23)20-9-10-4-3-5-14(10)22/h6-8,10,14,22H,2-5,9H2,1H3,(H2,20,21,23). The molecule has 1 aliphatic carbocycles. The first kappa shape index (κ1) is 18.4. The van der Waals surface area contributed by atoms with Crippen molar-refractivity contribution in [2.75, 3.05) is 18.5 Å². The molecule has 134 valence electrons. The molecule has 0 aromatic heterocycles. The summed E-state index contributed by atoms with van der Waals surface area (Å²) >= 11 is 0. The molecule has 3 N–H and O–H groups in total. The lowest BCUT2D eigenvalue weighted by molar-refractivity contribution is -0.137. The maximum atomic E-state index is 13.1. The fourth-order valence-electron chi connectivity index (χ4n) is 2.77. The van der Waals surface area contributed by atoms with Crippen LogP contribution in [0.25, 0.3) is 0 Å². The molecule has 0 bridgehead atoms. The Morgan fingerprint density at radius 1 is 1.38 bits per heavy atom. The number of rotatable bonds is 5. The lowest BCUT2D eigenvalue weighted by Crippen LogP contribution is -2.35. The predicted molar refractivity (Wildman–Crippen MR) is 83.0 cm³/mol. The van der Waals surface area contributed by atoms with Gasteiger partial charge in [-0.2, -0.15) is 13.2 Å². The van der Waals surface area contributed by atoms with Crippen molar-refractivity contribution < 1.29 is 27.8 Å². The molecule has 0 heterocycles. The normalized spacial score (nSPS) is 20.7. The maximum Gasteiger partial charge on any atom is 0.418 e. The zero-order chi connectivity index (χ0) is 17.7. The average molecular weight is 346 g/mol. The van der Waals surface area contributed by atoms with Gasteiger partial charge in [0, 0.05) is 12.5 Å². The summed E-state index contributed by atoms with van der Waals surface area (Å²) in [6.45, 7) is 2.14. The van der Waals surface area contributed by atoms with Gasteiger partial charge in [-0.25, -0.2) is 4.79 Å². The number of nitrogens with one attached hydrogen (secondary N) is 2. The SMILES string of the molecule is CCOc1ccc(NC(=O)NCC2CCCC2O)c(C(F)(F)F)c1. The Labute approximate surface area is 138 Å². The molecule has 2 unspecified atom stereocenters. The minimum Gasteiger partial charge on any atom is -0.494 e. The van der Waals surface area contributed by atoms with Gasteiger partial charge in [0.05, 0.1) is 24.0 Å². The number of benzene rings is 1. The quantitative estimate of drug-likeness (QED) is 0.765. The Bertz CT molecular complexity index is 578. The number of amides is 2. The fraction of sp³-hybridized carbons (Fsp3) is 0.562.